The summed E-state index contributed by atoms with van der Waals surface area (Å²) < 4.78 is 16.9. The molecule has 0 aromatic heterocycles. The number of esters is 3. The van der Waals surface area contributed by atoms with Crippen molar-refractivity contribution >= 4 is 17.9 Å². The Labute approximate surface area is 489 Å². The van der Waals surface area contributed by atoms with E-state index < -0.39 is 6.10 Å². The molecule has 0 radical (unpaired) electrons. The van der Waals surface area contributed by atoms with E-state index in [1.54, 1.807) is 0 Å². The molecule has 6 nitrogen and oxygen atoms in total. The van der Waals surface area contributed by atoms with Crippen LogP contribution in [-0.2, 0) is 28.6 Å². The average molecular weight is 1100 g/mol. The van der Waals surface area contributed by atoms with Crippen molar-refractivity contribution in [2.45, 2.75) is 322 Å². The van der Waals surface area contributed by atoms with Gasteiger partial charge in [0.25, 0.3) is 0 Å². The minimum atomic E-state index is -0.794. The Bertz CT molecular complexity index is 1590. The molecule has 0 fully saturated rings. The summed E-state index contributed by atoms with van der Waals surface area (Å²) in [5.74, 6) is -0.910. The zero-order chi connectivity index (χ0) is 57.1. The molecule has 0 saturated heterocycles. The summed E-state index contributed by atoms with van der Waals surface area (Å²) in [5.41, 5.74) is 0. The molecule has 0 heterocycles. The summed E-state index contributed by atoms with van der Waals surface area (Å²) in [5, 5.41) is 0. The summed E-state index contributed by atoms with van der Waals surface area (Å²) in [6, 6.07) is 0. The Morgan fingerprint density at radius 2 is 0.494 bits per heavy atom. The highest BCUT2D eigenvalue weighted by atomic mass is 16.6. The fourth-order valence-corrected chi connectivity index (χ4v) is 9.35. The number of allylic oxidation sites excluding steroid dienone is 18. The molecule has 0 rings (SSSR count). The number of hydrogen-bond donors (Lipinski definition) is 0. The van der Waals surface area contributed by atoms with Gasteiger partial charge < -0.3 is 14.2 Å². The van der Waals surface area contributed by atoms with Crippen molar-refractivity contribution in [3.05, 3.63) is 109 Å². The summed E-state index contributed by atoms with van der Waals surface area (Å²) in [7, 11) is 0. The quantitative estimate of drug-likeness (QED) is 0.0261. The second-order valence-electron chi connectivity index (χ2n) is 22.0. The molecule has 0 amide bonds. The number of unbranched alkanes of at least 4 members (excludes halogenated alkanes) is 31. The van der Waals surface area contributed by atoms with Crippen molar-refractivity contribution < 1.29 is 28.6 Å². The molecule has 1 unspecified atom stereocenters. The van der Waals surface area contributed by atoms with Crippen LogP contribution in [0.15, 0.2) is 109 Å². The highest BCUT2D eigenvalue weighted by Crippen LogP contribution is 2.17. The third kappa shape index (κ3) is 64.8. The molecule has 0 bridgehead atoms. The van der Waals surface area contributed by atoms with E-state index in [9.17, 15) is 14.4 Å². The fourth-order valence-electron chi connectivity index (χ4n) is 9.35. The Morgan fingerprint density at radius 1 is 0.266 bits per heavy atom. The Morgan fingerprint density at radius 3 is 0.785 bits per heavy atom. The predicted molar refractivity (Wildman–Crippen MR) is 343 cm³/mol. The van der Waals surface area contributed by atoms with E-state index in [1.807, 2.05) is 0 Å². The highest BCUT2D eigenvalue weighted by molar-refractivity contribution is 5.71. The molecule has 0 aromatic rings. The van der Waals surface area contributed by atoms with Crippen LogP contribution >= 0.6 is 0 Å². The van der Waals surface area contributed by atoms with Crippen molar-refractivity contribution in [3.63, 3.8) is 0 Å². The maximum absolute atomic E-state index is 12.9. The topological polar surface area (TPSA) is 78.9 Å². The van der Waals surface area contributed by atoms with Crippen LogP contribution < -0.4 is 0 Å². The van der Waals surface area contributed by atoms with Crippen LogP contribution in [0, 0.1) is 0 Å². The van der Waals surface area contributed by atoms with Gasteiger partial charge in [0.2, 0.25) is 0 Å². The molecule has 0 aliphatic rings. The lowest BCUT2D eigenvalue weighted by atomic mass is 10.0. The SMILES string of the molecule is CC/C=C\C/C=C\C/C=C\C/C=C\C/C=C\CCCCCC(=O)OC(COC(=O)CCCCCCCCCCCCC)COC(=O)CCCCCCCCCCCCCCCCCCCC/C=C\C/C=C\C/C=C\C/C=C\CC. The molecule has 0 aromatic carbocycles. The molecule has 0 N–H and O–H groups in total. The second kappa shape index (κ2) is 66.6. The van der Waals surface area contributed by atoms with E-state index in [4.69, 9.17) is 14.2 Å². The Kier molecular flexibility index (Phi) is 63.3. The maximum Gasteiger partial charge on any atom is 0.306 e. The number of ether oxygens (including phenoxy) is 3. The summed E-state index contributed by atoms with van der Waals surface area (Å²) >= 11 is 0. The number of carbonyl (C=O) groups excluding carboxylic acids is 3. The first-order valence-electron chi connectivity index (χ1n) is 33.4. The molecule has 0 aliphatic carbocycles. The number of carbonyl (C=O) groups is 3. The van der Waals surface area contributed by atoms with Crippen LogP contribution in [0.3, 0.4) is 0 Å². The van der Waals surface area contributed by atoms with Crippen LogP contribution in [0.1, 0.15) is 316 Å². The van der Waals surface area contributed by atoms with Gasteiger partial charge in [-0.3, -0.25) is 14.4 Å². The van der Waals surface area contributed by atoms with E-state index in [-0.39, 0.29) is 31.1 Å². The van der Waals surface area contributed by atoms with Gasteiger partial charge in [-0.1, -0.05) is 304 Å². The van der Waals surface area contributed by atoms with Gasteiger partial charge in [-0.15, -0.1) is 0 Å². The standard InChI is InChI=1S/C73H124O6/c1-4-7-10-13-16-19-22-24-26-28-30-31-32-33-34-35-36-37-38-39-40-41-43-44-46-48-51-54-57-60-63-66-72(75)78-69-70(68-77-71(74)65-62-59-56-53-50-21-18-15-12-9-6-3)79-73(76)67-64-61-58-55-52-49-47-45-42-29-27-25-23-20-17-14-11-8-5-2/h7-8,10-11,16-17,19-20,24-27,30-31,42,45,49,52,70H,4-6,9,12-15,18,21-23,28-29,32-41,43-44,46-48,50-51,53-69H2,1-3H3/b10-7-,11-8-,19-16-,20-17-,26-24-,27-25-,31-30-,45-42-,52-49-. The van der Waals surface area contributed by atoms with Gasteiger partial charge in [0.15, 0.2) is 6.10 Å². The third-order valence-corrected chi connectivity index (χ3v) is 14.3. The van der Waals surface area contributed by atoms with Gasteiger partial charge in [0.1, 0.15) is 13.2 Å². The van der Waals surface area contributed by atoms with E-state index in [2.05, 4.69) is 130 Å². The van der Waals surface area contributed by atoms with Crippen molar-refractivity contribution in [2.75, 3.05) is 13.2 Å². The zero-order valence-electron chi connectivity index (χ0n) is 51.9. The first-order chi connectivity index (χ1) is 39.0. The van der Waals surface area contributed by atoms with E-state index in [0.717, 1.165) is 122 Å². The van der Waals surface area contributed by atoms with E-state index in [1.165, 1.54) is 154 Å². The monoisotopic (exact) mass is 1100 g/mol. The van der Waals surface area contributed by atoms with Gasteiger partial charge in [0.05, 0.1) is 0 Å². The third-order valence-electron chi connectivity index (χ3n) is 14.3. The first-order valence-corrected chi connectivity index (χ1v) is 33.4. The largest absolute Gasteiger partial charge is 0.462 e. The smallest absolute Gasteiger partial charge is 0.306 e. The van der Waals surface area contributed by atoms with E-state index >= 15 is 0 Å². The minimum absolute atomic E-state index is 0.0880. The minimum Gasteiger partial charge on any atom is -0.462 e. The van der Waals surface area contributed by atoms with Crippen LogP contribution in [0.2, 0.25) is 0 Å². The van der Waals surface area contributed by atoms with Crippen LogP contribution in [0.4, 0.5) is 0 Å². The van der Waals surface area contributed by atoms with Gasteiger partial charge >= 0.3 is 17.9 Å². The van der Waals surface area contributed by atoms with Gasteiger partial charge in [-0.2, -0.15) is 0 Å². The lowest BCUT2D eigenvalue weighted by molar-refractivity contribution is -0.167. The van der Waals surface area contributed by atoms with Crippen LogP contribution in [0.25, 0.3) is 0 Å². The highest BCUT2D eigenvalue weighted by Gasteiger charge is 2.19. The predicted octanol–water partition coefficient (Wildman–Crippen LogP) is 23.0. The lowest BCUT2D eigenvalue weighted by Crippen LogP contribution is -2.30. The maximum atomic E-state index is 12.9. The second-order valence-corrected chi connectivity index (χ2v) is 22.0. The summed E-state index contributed by atoms with van der Waals surface area (Å²) in [6.45, 7) is 6.41. The Balaban J connectivity index is 4.21. The molecule has 0 saturated carbocycles. The van der Waals surface area contributed by atoms with Crippen molar-refractivity contribution in [1.29, 1.82) is 0 Å². The van der Waals surface area contributed by atoms with E-state index in [0.29, 0.717) is 19.3 Å². The molecular formula is C73H124O6. The lowest BCUT2D eigenvalue weighted by Gasteiger charge is -2.18. The molecule has 452 valence electrons. The van der Waals surface area contributed by atoms with Crippen LogP contribution in [0.5, 0.6) is 0 Å². The molecular weight excluding hydrogens is 973 g/mol. The van der Waals surface area contributed by atoms with Gasteiger partial charge in [-0.05, 0) is 103 Å². The fraction of sp³-hybridized carbons (Fsp3) is 0.712. The van der Waals surface area contributed by atoms with Gasteiger partial charge in [0, 0.05) is 19.3 Å². The molecule has 0 spiro atoms. The van der Waals surface area contributed by atoms with Crippen LogP contribution in [-0.4, -0.2) is 37.2 Å². The average Bonchev–Trinajstić information content (AvgIpc) is 3.45. The molecule has 79 heavy (non-hydrogen) atoms. The zero-order valence-corrected chi connectivity index (χ0v) is 51.9. The molecule has 6 heteroatoms. The molecule has 0 aliphatic heterocycles. The Hall–Kier alpha value is -3.93. The first kappa shape index (κ1) is 75.1. The summed E-state index contributed by atoms with van der Waals surface area (Å²) in [6.07, 6.45) is 91.2. The molecule has 1 atom stereocenters. The number of rotatable bonds is 60. The van der Waals surface area contributed by atoms with Gasteiger partial charge in [-0.25, -0.2) is 0 Å². The van der Waals surface area contributed by atoms with Crippen molar-refractivity contribution in [2.24, 2.45) is 0 Å². The normalized spacial score (nSPS) is 12.8. The van der Waals surface area contributed by atoms with Crippen molar-refractivity contribution in [3.8, 4) is 0 Å². The van der Waals surface area contributed by atoms with Crippen molar-refractivity contribution in [1.82, 2.24) is 0 Å². The number of hydrogen-bond acceptors (Lipinski definition) is 6. The summed E-state index contributed by atoms with van der Waals surface area (Å²) in [4.78, 5) is 38.3.